The third kappa shape index (κ3) is 8.71. The van der Waals surface area contributed by atoms with E-state index in [-0.39, 0.29) is 12.1 Å². The maximum Gasteiger partial charge on any atom is 0.408 e. The van der Waals surface area contributed by atoms with Gasteiger partial charge in [0.1, 0.15) is 16.7 Å². The van der Waals surface area contributed by atoms with Gasteiger partial charge in [-0.1, -0.05) is 72.8 Å². The second-order valence-electron chi connectivity index (χ2n) is 10.5. The van der Waals surface area contributed by atoms with Gasteiger partial charge >= 0.3 is 6.09 Å². The zero-order valence-corrected chi connectivity index (χ0v) is 23.9. The Labute approximate surface area is 242 Å². The summed E-state index contributed by atoms with van der Waals surface area (Å²) in [5, 5.41) is 19.5. The second kappa shape index (κ2) is 13.2. The van der Waals surface area contributed by atoms with Crippen molar-refractivity contribution in [3.63, 3.8) is 0 Å². The molecule has 0 aliphatic heterocycles. The van der Waals surface area contributed by atoms with Gasteiger partial charge in [0.05, 0.1) is 16.7 Å². The number of nitrogens with zero attached hydrogens (tertiary/aromatic N) is 2. The van der Waals surface area contributed by atoms with Crippen LogP contribution in [0.4, 0.5) is 10.5 Å². The van der Waals surface area contributed by atoms with Crippen molar-refractivity contribution in [3.05, 3.63) is 117 Å². The third-order valence-electron chi connectivity index (χ3n) is 6.08. The van der Waals surface area contributed by atoms with Gasteiger partial charge in [-0.15, -0.1) is 11.3 Å². The molecule has 0 fully saturated rings. The largest absolute Gasteiger partial charge is 0.444 e. The lowest BCUT2D eigenvalue weighted by molar-refractivity contribution is -0.384. The molecule has 0 spiro atoms. The molecular formula is C31H32N4O5S. The summed E-state index contributed by atoms with van der Waals surface area (Å²) in [7, 11) is 0. The van der Waals surface area contributed by atoms with Crippen LogP contribution in [0.2, 0.25) is 0 Å². The van der Waals surface area contributed by atoms with Gasteiger partial charge in [0, 0.05) is 29.5 Å². The van der Waals surface area contributed by atoms with Gasteiger partial charge in [-0.2, -0.15) is 0 Å². The van der Waals surface area contributed by atoms with Gasteiger partial charge in [-0.25, -0.2) is 9.78 Å². The Hall–Kier alpha value is -4.57. The van der Waals surface area contributed by atoms with Crippen LogP contribution in [0.3, 0.4) is 0 Å². The number of aromatic nitrogens is 1. The summed E-state index contributed by atoms with van der Waals surface area (Å²) in [6.45, 7) is 5.27. The van der Waals surface area contributed by atoms with E-state index in [2.05, 4.69) is 10.6 Å². The quantitative estimate of drug-likeness (QED) is 0.171. The van der Waals surface area contributed by atoms with E-state index >= 15 is 0 Å². The van der Waals surface area contributed by atoms with Crippen molar-refractivity contribution in [1.82, 2.24) is 15.6 Å². The van der Waals surface area contributed by atoms with Crippen molar-refractivity contribution < 1.29 is 19.2 Å². The highest BCUT2D eigenvalue weighted by Gasteiger charge is 2.28. The summed E-state index contributed by atoms with van der Waals surface area (Å²) in [5.41, 5.74) is 2.64. The van der Waals surface area contributed by atoms with Crippen LogP contribution in [0.25, 0.3) is 11.3 Å². The molecule has 0 unspecified atom stereocenters. The second-order valence-corrected chi connectivity index (χ2v) is 11.4. The number of non-ortho nitro benzene ring substituents is 1. The minimum absolute atomic E-state index is 0.0144. The molecule has 2 atom stereocenters. The van der Waals surface area contributed by atoms with Crippen molar-refractivity contribution in [2.75, 3.05) is 0 Å². The van der Waals surface area contributed by atoms with Crippen LogP contribution < -0.4 is 10.6 Å². The highest BCUT2D eigenvalue weighted by Crippen LogP contribution is 2.28. The molecule has 2 N–H and O–H groups in total. The summed E-state index contributed by atoms with van der Waals surface area (Å²) in [5.74, 6) is -0.400. The van der Waals surface area contributed by atoms with Crippen LogP contribution >= 0.6 is 11.3 Å². The Morgan fingerprint density at radius 1 is 0.902 bits per heavy atom. The molecule has 0 aliphatic rings. The predicted molar refractivity (Wildman–Crippen MR) is 159 cm³/mol. The van der Waals surface area contributed by atoms with E-state index < -0.39 is 34.6 Å². The number of thiazole rings is 1. The zero-order chi connectivity index (χ0) is 29.4. The highest BCUT2D eigenvalue weighted by molar-refractivity contribution is 7.10. The average Bonchev–Trinajstić information content (AvgIpc) is 3.43. The van der Waals surface area contributed by atoms with Crippen LogP contribution in [0, 0.1) is 10.1 Å². The predicted octanol–water partition coefficient (Wildman–Crippen LogP) is 6.25. The molecule has 4 aromatic rings. The molecule has 0 bridgehead atoms. The Morgan fingerprint density at radius 3 is 2.12 bits per heavy atom. The molecule has 9 nitrogen and oxygen atoms in total. The standard InChI is InChI=1S/C31H32N4O5S/c1-31(2,3)40-30(37)34-25(18-21-10-6-4-7-11-21)28(36)32-26(19-22-14-16-24(17-15-22)35(38)39)29-33-27(20-41-29)23-12-8-5-9-13-23/h4-17,20,25-26H,18-19H2,1-3H3,(H,32,36)(H,34,37)/t25-,26-/m0/s1. The molecule has 1 heterocycles. The van der Waals surface area contributed by atoms with Crippen LogP contribution in [0.1, 0.15) is 42.9 Å². The summed E-state index contributed by atoms with van der Waals surface area (Å²) >= 11 is 1.41. The van der Waals surface area contributed by atoms with Crippen LogP contribution in [0.5, 0.6) is 0 Å². The number of hydrogen-bond acceptors (Lipinski definition) is 7. The van der Waals surface area contributed by atoms with Crippen molar-refractivity contribution >= 4 is 29.0 Å². The topological polar surface area (TPSA) is 123 Å². The first-order chi connectivity index (χ1) is 19.6. The average molecular weight is 573 g/mol. The number of nitrogens with one attached hydrogen (secondary N) is 2. The lowest BCUT2D eigenvalue weighted by Crippen LogP contribution is -2.50. The third-order valence-corrected chi connectivity index (χ3v) is 7.04. The SMILES string of the molecule is CC(C)(C)OC(=O)N[C@@H](Cc1ccccc1)C(=O)N[C@@H](Cc1ccc([N+](=O)[O-])cc1)c1nc(-c2ccccc2)cs1. The van der Waals surface area contributed by atoms with Crippen molar-refractivity contribution in [1.29, 1.82) is 0 Å². The number of nitro groups is 1. The monoisotopic (exact) mass is 572 g/mol. The van der Waals surface area contributed by atoms with E-state index in [0.717, 1.165) is 22.4 Å². The number of hydrogen-bond donors (Lipinski definition) is 2. The first-order valence-electron chi connectivity index (χ1n) is 13.2. The number of alkyl carbamates (subject to hydrolysis) is 1. The molecule has 3 aromatic carbocycles. The molecule has 41 heavy (non-hydrogen) atoms. The summed E-state index contributed by atoms with van der Waals surface area (Å²) in [4.78, 5) is 41.9. The van der Waals surface area contributed by atoms with Crippen molar-refractivity contribution in [2.45, 2.75) is 51.3 Å². The number of carbonyl (C=O) groups excluding carboxylic acids is 2. The molecule has 4 rings (SSSR count). The number of amides is 2. The number of ether oxygens (including phenoxy) is 1. The normalized spacial score (nSPS) is 12.7. The summed E-state index contributed by atoms with van der Waals surface area (Å²) in [6.07, 6.45) is -0.0969. The lowest BCUT2D eigenvalue weighted by Gasteiger charge is -2.25. The number of benzene rings is 3. The van der Waals surface area contributed by atoms with Crippen molar-refractivity contribution in [3.8, 4) is 11.3 Å². The molecule has 212 valence electrons. The Morgan fingerprint density at radius 2 is 1.51 bits per heavy atom. The van der Waals surface area contributed by atoms with E-state index in [1.165, 1.54) is 23.5 Å². The van der Waals surface area contributed by atoms with Gasteiger partial charge in [0.2, 0.25) is 5.91 Å². The molecule has 0 saturated heterocycles. The number of rotatable bonds is 10. The molecule has 2 amide bonds. The van der Waals surface area contributed by atoms with Crippen LogP contribution in [0.15, 0.2) is 90.3 Å². The smallest absolute Gasteiger partial charge is 0.408 e. The number of nitro benzene ring substituents is 1. The minimum Gasteiger partial charge on any atom is -0.444 e. The molecule has 0 saturated carbocycles. The van der Waals surface area contributed by atoms with E-state index in [1.807, 2.05) is 66.0 Å². The first-order valence-corrected chi connectivity index (χ1v) is 14.0. The molecule has 10 heteroatoms. The fourth-order valence-electron chi connectivity index (χ4n) is 4.16. The Balaban J connectivity index is 1.61. The van der Waals surface area contributed by atoms with Gasteiger partial charge in [0.25, 0.3) is 5.69 Å². The number of carbonyl (C=O) groups is 2. The molecule has 0 radical (unpaired) electrons. The van der Waals surface area contributed by atoms with Crippen molar-refractivity contribution in [2.24, 2.45) is 0 Å². The van der Waals surface area contributed by atoms with Crippen LogP contribution in [-0.4, -0.2) is 33.6 Å². The lowest BCUT2D eigenvalue weighted by atomic mass is 10.0. The fourth-order valence-corrected chi connectivity index (χ4v) is 5.04. The van der Waals surface area contributed by atoms with Gasteiger partial charge < -0.3 is 15.4 Å². The zero-order valence-electron chi connectivity index (χ0n) is 23.1. The first kappa shape index (κ1) is 29.4. The Bertz CT molecular complexity index is 1470. The van der Waals surface area contributed by atoms with E-state index in [1.54, 1.807) is 32.9 Å². The maximum absolute atomic E-state index is 13.7. The van der Waals surface area contributed by atoms with E-state index in [0.29, 0.717) is 11.4 Å². The molecular weight excluding hydrogens is 540 g/mol. The van der Waals surface area contributed by atoms with E-state index in [4.69, 9.17) is 9.72 Å². The maximum atomic E-state index is 13.7. The van der Waals surface area contributed by atoms with Gasteiger partial charge in [-0.05, 0) is 38.3 Å². The van der Waals surface area contributed by atoms with Gasteiger partial charge in [-0.3, -0.25) is 14.9 Å². The highest BCUT2D eigenvalue weighted by atomic mass is 32.1. The molecule has 0 aliphatic carbocycles. The summed E-state index contributed by atoms with van der Waals surface area (Å²) in [6, 6.07) is 23.9. The Kier molecular flexibility index (Phi) is 9.46. The van der Waals surface area contributed by atoms with E-state index in [9.17, 15) is 19.7 Å². The van der Waals surface area contributed by atoms with Gasteiger partial charge in [0.15, 0.2) is 0 Å². The minimum atomic E-state index is -0.917. The van der Waals surface area contributed by atoms with Crippen LogP contribution in [-0.2, 0) is 22.4 Å². The fraction of sp³-hybridized carbons (Fsp3) is 0.258. The summed E-state index contributed by atoms with van der Waals surface area (Å²) < 4.78 is 5.43. The molecule has 1 aromatic heterocycles.